The highest BCUT2D eigenvalue weighted by atomic mass is 15.2. The molecule has 2 unspecified atom stereocenters. The lowest BCUT2D eigenvalue weighted by Crippen LogP contribution is -2.41. The van der Waals surface area contributed by atoms with Crippen LogP contribution in [-0.4, -0.2) is 35.5 Å². The molecule has 5 rings (SSSR count). The van der Waals surface area contributed by atoms with E-state index >= 15 is 0 Å². The summed E-state index contributed by atoms with van der Waals surface area (Å²) in [6, 6.07) is 21.8. The van der Waals surface area contributed by atoms with Crippen LogP contribution in [0.15, 0.2) is 97.4 Å². The third kappa shape index (κ3) is 4.71. The van der Waals surface area contributed by atoms with Gasteiger partial charge in [-0.25, -0.2) is 0 Å². The maximum atomic E-state index is 4.38. The molecule has 0 saturated carbocycles. The van der Waals surface area contributed by atoms with Crippen LogP contribution in [0, 0.1) is 5.92 Å². The predicted octanol–water partition coefficient (Wildman–Crippen LogP) is 7.15. The molecule has 3 aliphatic rings. The van der Waals surface area contributed by atoms with Gasteiger partial charge in [-0.1, -0.05) is 73.8 Å². The highest BCUT2D eigenvalue weighted by Gasteiger charge is 2.37. The highest BCUT2D eigenvalue weighted by Crippen LogP contribution is 2.43. The second-order valence-corrected chi connectivity index (χ2v) is 9.75. The lowest BCUT2D eigenvalue weighted by atomic mass is 9.79. The highest BCUT2D eigenvalue weighted by molar-refractivity contribution is 5.64. The first-order valence-electron chi connectivity index (χ1n) is 12.6. The fourth-order valence-electron chi connectivity index (χ4n) is 5.88. The fraction of sp³-hybridized carbons (Fsp3) is 0.355. The van der Waals surface area contributed by atoms with E-state index in [1.165, 1.54) is 54.5 Å². The molecule has 2 aromatic rings. The summed E-state index contributed by atoms with van der Waals surface area (Å²) in [6.07, 6.45) is 12.1. The molecule has 0 spiro atoms. The van der Waals surface area contributed by atoms with Gasteiger partial charge < -0.3 is 9.80 Å². The molecule has 33 heavy (non-hydrogen) atoms. The fourth-order valence-corrected chi connectivity index (χ4v) is 5.88. The van der Waals surface area contributed by atoms with Gasteiger partial charge in [-0.05, 0) is 78.4 Å². The Morgan fingerprint density at radius 3 is 2.09 bits per heavy atom. The Labute approximate surface area is 199 Å². The number of likely N-dealkylation sites (tertiary alicyclic amines) is 1. The van der Waals surface area contributed by atoms with Crippen LogP contribution >= 0.6 is 0 Å². The van der Waals surface area contributed by atoms with Gasteiger partial charge >= 0.3 is 0 Å². The molecule has 0 bridgehead atoms. The van der Waals surface area contributed by atoms with E-state index in [2.05, 4.69) is 95.9 Å². The zero-order valence-corrected chi connectivity index (χ0v) is 19.8. The van der Waals surface area contributed by atoms with Crippen molar-refractivity contribution in [3.8, 4) is 0 Å². The Balaban J connectivity index is 1.26. The van der Waals surface area contributed by atoms with Crippen molar-refractivity contribution < 1.29 is 0 Å². The largest absolute Gasteiger partial charge is 0.374 e. The monoisotopic (exact) mass is 436 g/mol. The van der Waals surface area contributed by atoms with E-state index in [4.69, 9.17) is 0 Å². The Bertz CT molecular complexity index is 1050. The molecular formula is C31H36N2. The SMILES string of the molecule is C=C(CCN1CCCC2CCC3C(=C21)C=CN3CCC(=C)c1ccccc1)c1ccccc1. The summed E-state index contributed by atoms with van der Waals surface area (Å²) in [4.78, 5) is 5.27. The summed E-state index contributed by atoms with van der Waals surface area (Å²) >= 11 is 0. The number of rotatable bonds is 8. The molecule has 0 radical (unpaired) electrons. The lowest BCUT2D eigenvalue weighted by Gasteiger charge is -2.44. The number of allylic oxidation sites excluding steroid dienone is 1. The van der Waals surface area contributed by atoms with Gasteiger partial charge in [0.25, 0.3) is 0 Å². The van der Waals surface area contributed by atoms with Crippen LogP contribution in [0.5, 0.6) is 0 Å². The van der Waals surface area contributed by atoms with E-state index in [1.54, 1.807) is 11.3 Å². The van der Waals surface area contributed by atoms with E-state index < -0.39 is 0 Å². The molecule has 1 saturated heterocycles. The quantitative estimate of drug-likeness (QED) is 0.433. The van der Waals surface area contributed by atoms with Crippen molar-refractivity contribution in [3.05, 3.63) is 108 Å². The topological polar surface area (TPSA) is 6.48 Å². The van der Waals surface area contributed by atoms with Crippen LogP contribution in [0.2, 0.25) is 0 Å². The van der Waals surface area contributed by atoms with Crippen LogP contribution in [0.3, 0.4) is 0 Å². The third-order valence-corrected chi connectivity index (χ3v) is 7.72. The van der Waals surface area contributed by atoms with Crippen LogP contribution in [-0.2, 0) is 0 Å². The predicted molar refractivity (Wildman–Crippen MR) is 140 cm³/mol. The van der Waals surface area contributed by atoms with Crippen molar-refractivity contribution in [2.45, 2.75) is 44.6 Å². The number of hydrogen-bond donors (Lipinski definition) is 0. The molecule has 0 aromatic heterocycles. The molecule has 0 N–H and O–H groups in total. The van der Waals surface area contributed by atoms with Crippen molar-refractivity contribution >= 4 is 11.1 Å². The minimum Gasteiger partial charge on any atom is -0.374 e. The molecule has 0 amide bonds. The summed E-state index contributed by atoms with van der Waals surface area (Å²) < 4.78 is 0. The van der Waals surface area contributed by atoms with Crippen LogP contribution in [0.25, 0.3) is 11.1 Å². The third-order valence-electron chi connectivity index (χ3n) is 7.72. The molecular weight excluding hydrogens is 400 g/mol. The van der Waals surface area contributed by atoms with Gasteiger partial charge in [0.05, 0.1) is 6.04 Å². The number of nitrogens with zero attached hydrogens (tertiary/aromatic N) is 2. The van der Waals surface area contributed by atoms with Gasteiger partial charge in [0.1, 0.15) is 0 Å². The van der Waals surface area contributed by atoms with Crippen molar-refractivity contribution in [2.75, 3.05) is 19.6 Å². The zero-order valence-electron chi connectivity index (χ0n) is 19.8. The Morgan fingerprint density at radius 1 is 0.788 bits per heavy atom. The summed E-state index contributed by atoms with van der Waals surface area (Å²) in [5.41, 5.74) is 8.24. The first-order chi connectivity index (χ1) is 16.2. The smallest absolute Gasteiger partial charge is 0.0555 e. The standard InChI is InChI=1S/C31H36N2/c1-24(26-10-5-3-6-11-26)17-21-32-23-19-29-30(32)16-15-28-14-9-20-33(31(28)29)22-18-25(2)27-12-7-4-8-13-27/h3-8,10-13,19,23,28,30H,1-2,9,14-18,20-22H2. The van der Waals surface area contributed by atoms with Crippen molar-refractivity contribution in [1.82, 2.24) is 9.80 Å². The van der Waals surface area contributed by atoms with Crippen molar-refractivity contribution in [3.63, 3.8) is 0 Å². The second-order valence-electron chi connectivity index (χ2n) is 9.75. The summed E-state index contributed by atoms with van der Waals surface area (Å²) in [5, 5.41) is 0. The van der Waals surface area contributed by atoms with Crippen LogP contribution < -0.4 is 0 Å². The minimum atomic E-state index is 0.540. The maximum absolute atomic E-state index is 4.38. The molecule has 2 atom stereocenters. The van der Waals surface area contributed by atoms with E-state index in [0.717, 1.165) is 31.8 Å². The van der Waals surface area contributed by atoms with Crippen LogP contribution in [0.4, 0.5) is 0 Å². The lowest BCUT2D eigenvalue weighted by molar-refractivity contribution is 0.196. The molecule has 1 aliphatic carbocycles. The van der Waals surface area contributed by atoms with Gasteiger partial charge in [-0.2, -0.15) is 0 Å². The number of hydrogen-bond acceptors (Lipinski definition) is 2. The van der Waals surface area contributed by atoms with Gasteiger partial charge in [0, 0.05) is 31.5 Å². The first-order valence-corrected chi connectivity index (χ1v) is 12.6. The summed E-state index contributed by atoms with van der Waals surface area (Å²) in [5.74, 6) is 0.735. The van der Waals surface area contributed by atoms with Crippen molar-refractivity contribution in [2.24, 2.45) is 5.92 Å². The first kappa shape index (κ1) is 21.8. The molecule has 2 heteroatoms. The average Bonchev–Trinajstić information content (AvgIpc) is 3.30. The van der Waals surface area contributed by atoms with E-state index in [9.17, 15) is 0 Å². The minimum absolute atomic E-state index is 0.540. The van der Waals surface area contributed by atoms with Gasteiger partial charge in [0.15, 0.2) is 0 Å². The maximum Gasteiger partial charge on any atom is 0.0555 e. The second kappa shape index (κ2) is 9.87. The molecule has 170 valence electrons. The molecule has 2 heterocycles. The normalized spacial score (nSPS) is 21.7. The Hall–Kier alpha value is -3.00. The Morgan fingerprint density at radius 2 is 1.42 bits per heavy atom. The van der Waals surface area contributed by atoms with Crippen LogP contribution in [0.1, 0.15) is 49.7 Å². The van der Waals surface area contributed by atoms with E-state index in [1.807, 2.05) is 0 Å². The number of fused-ring (bicyclic) bond motifs is 2. The molecule has 1 fully saturated rings. The van der Waals surface area contributed by atoms with E-state index in [0.29, 0.717) is 6.04 Å². The molecule has 2 nitrogen and oxygen atoms in total. The number of benzene rings is 2. The Kier molecular flexibility index (Phi) is 6.53. The summed E-state index contributed by atoms with van der Waals surface area (Å²) in [7, 11) is 0. The number of piperidine rings is 1. The van der Waals surface area contributed by atoms with E-state index in [-0.39, 0.29) is 0 Å². The zero-order chi connectivity index (χ0) is 22.6. The summed E-state index contributed by atoms with van der Waals surface area (Å²) in [6.45, 7) is 12.0. The molecule has 2 aromatic carbocycles. The average molecular weight is 437 g/mol. The van der Waals surface area contributed by atoms with Gasteiger partial charge in [-0.15, -0.1) is 0 Å². The van der Waals surface area contributed by atoms with Gasteiger partial charge in [-0.3, -0.25) is 0 Å². The molecule has 2 aliphatic heterocycles. The van der Waals surface area contributed by atoms with Gasteiger partial charge in [0.2, 0.25) is 0 Å². The van der Waals surface area contributed by atoms with Crippen molar-refractivity contribution in [1.29, 1.82) is 0 Å².